The van der Waals surface area contributed by atoms with E-state index in [1.54, 1.807) is 0 Å². The summed E-state index contributed by atoms with van der Waals surface area (Å²) in [7, 11) is 0. The van der Waals surface area contributed by atoms with E-state index >= 15 is 0 Å². The van der Waals surface area contributed by atoms with Gasteiger partial charge in [0.05, 0.1) is 0 Å². The summed E-state index contributed by atoms with van der Waals surface area (Å²) in [5, 5.41) is 0. The quantitative estimate of drug-likeness (QED) is 0.462. The van der Waals surface area contributed by atoms with Crippen LogP contribution in [0, 0.1) is 5.92 Å². The highest BCUT2D eigenvalue weighted by Crippen LogP contribution is 2.25. The van der Waals surface area contributed by atoms with E-state index in [4.69, 9.17) is 5.73 Å². The summed E-state index contributed by atoms with van der Waals surface area (Å²) < 4.78 is 0. The van der Waals surface area contributed by atoms with E-state index in [0.717, 1.165) is 45.4 Å². The van der Waals surface area contributed by atoms with Gasteiger partial charge in [0.15, 0.2) is 0 Å². The molecule has 3 rings (SSSR count). The van der Waals surface area contributed by atoms with Crippen LogP contribution in [0.1, 0.15) is 51.7 Å². The van der Waals surface area contributed by atoms with Crippen molar-refractivity contribution < 1.29 is 0 Å². The van der Waals surface area contributed by atoms with Gasteiger partial charge in [-0.1, -0.05) is 68.0 Å². The minimum atomic E-state index is 0.281. The van der Waals surface area contributed by atoms with Crippen LogP contribution in [-0.4, -0.2) is 43.2 Å². The SMILES string of the molecule is CC(C)=CCN(c1ccc(CCc2ccccc2)cc1)[C@H]1CCN(CC(N)CC(C)C)C1. The normalized spacial score (nSPS) is 17.5. The Morgan fingerprint density at radius 3 is 2.31 bits per heavy atom. The Kier molecular flexibility index (Phi) is 9.37. The second-order valence-electron chi connectivity index (χ2n) is 10.2. The highest BCUT2D eigenvalue weighted by atomic mass is 15.3. The molecule has 3 heteroatoms. The number of nitrogens with zero attached hydrogens (tertiary/aromatic N) is 2. The zero-order valence-corrected chi connectivity index (χ0v) is 20.6. The minimum Gasteiger partial charge on any atom is -0.363 e. The predicted molar refractivity (Wildman–Crippen MR) is 139 cm³/mol. The van der Waals surface area contributed by atoms with Crippen LogP contribution >= 0.6 is 0 Å². The molecule has 2 atom stereocenters. The monoisotopic (exact) mass is 433 g/mol. The Morgan fingerprint density at radius 2 is 1.69 bits per heavy atom. The summed E-state index contributed by atoms with van der Waals surface area (Å²) in [5.74, 6) is 0.665. The second kappa shape index (κ2) is 12.2. The van der Waals surface area contributed by atoms with Crippen LogP contribution in [-0.2, 0) is 12.8 Å². The molecule has 3 nitrogen and oxygen atoms in total. The topological polar surface area (TPSA) is 32.5 Å². The molecule has 0 amide bonds. The van der Waals surface area contributed by atoms with Gasteiger partial charge in [0.2, 0.25) is 0 Å². The van der Waals surface area contributed by atoms with Crippen molar-refractivity contribution in [3.05, 3.63) is 77.4 Å². The van der Waals surface area contributed by atoms with Crippen LogP contribution in [0.3, 0.4) is 0 Å². The Labute approximate surface area is 196 Å². The van der Waals surface area contributed by atoms with Gasteiger partial charge < -0.3 is 10.6 Å². The van der Waals surface area contributed by atoms with Crippen LogP contribution in [0.5, 0.6) is 0 Å². The molecule has 1 heterocycles. The molecule has 0 bridgehead atoms. The van der Waals surface area contributed by atoms with Crippen LogP contribution in [0.2, 0.25) is 0 Å². The third-order valence-corrected chi connectivity index (χ3v) is 6.46. The third kappa shape index (κ3) is 7.79. The number of nitrogens with two attached hydrogens (primary N) is 1. The number of allylic oxidation sites excluding steroid dienone is 1. The number of hydrogen-bond acceptors (Lipinski definition) is 3. The molecule has 0 saturated carbocycles. The van der Waals surface area contributed by atoms with Gasteiger partial charge in [-0.15, -0.1) is 0 Å². The fourth-order valence-corrected chi connectivity index (χ4v) is 4.78. The van der Waals surface area contributed by atoms with E-state index in [9.17, 15) is 0 Å². The van der Waals surface area contributed by atoms with Crippen molar-refractivity contribution >= 4 is 5.69 Å². The summed E-state index contributed by atoms with van der Waals surface area (Å²) in [6.45, 7) is 13.2. The van der Waals surface area contributed by atoms with E-state index < -0.39 is 0 Å². The number of anilines is 1. The van der Waals surface area contributed by atoms with Crippen molar-refractivity contribution in [1.29, 1.82) is 0 Å². The fourth-order valence-electron chi connectivity index (χ4n) is 4.78. The standard InChI is InChI=1S/C29H43N3/c1-23(2)16-19-32(29-17-18-31(22-29)21-27(30)20-24(3)4)28-14-12-26(13-15-28)11-10-25-8-6-5-7-9-25/h5-9,12-16,24,27,29H,10-11,17-22,30H2,1-4H3/t27?,29-/m0/s1. The number of likely N-dealkylation sites (tertiary alicyclic amines) is 1. The highest BCUT2D eigenvalue weighted by molar-refractivity contribution is 5.50. The summed E-state index contributed by atoms with van der Waals surface area (Å²) >= 11 is 0. The van der Waals surface area contributed by atoms with Crippen molar-refractivity contribution in [1.82, 2.24) is 4.90 Å². The molecule has 1 saturated heterocycles. The maximum absolute atomic E-state index is 6.41. The van der Waals surface area contributed by atoms with Gasteiger partial charge in [-0.2, -0.15) is 0 Å². The van der Waals surface area contributed by atoms with Gasteiger partial charge in [-0.05, 0) is 68.7 Å². The Balaban J connectivity index is 1.63. The van der Waals surface area contributed by atoms with Crippen molar-refractivity contribution in [2.24, 2.45) is 11.7 Å². The molecule has 0 aromatic heterocycles. The number of rotatable bonds is 11. The van der Waals surface area contributed by atoms with Gasteiger partial charge in [-0.25, -0.2) is 0 Å². The van der Waals surface area contributed by atoms with Crippen LogP contribution in [0.25, 0.3) is 0 Å². The second-order valence-corrected chi connectivity index (χ2v) is 10.2. The summed E-state index contributed by atoms with van der Waals surface area (Å²) in [4.78, 5) is 5.17. The average Bonchev–Trinajstić information content (AvgIpc) is 3.21. The van der Waals surface area contributed by atoms with E-state index in [2.05, 4.69) is 98.2 Å². The Hall–Kier alpha value is -2.10. The lowest BCUT2D eigenvalue weighted by Gasteiger charge is -2.31. The van der Waals surface area contributed by atoms with Crippen LogP contribution < -0.4 is 10.6 Å². The molecule has 174 valence electrons. The Morgan fingerprint density at radius 1 is 1.03 bits per heavy atom. The third-order valence-electron chi connectivity index (χ3n) is 6.46. The van der Waals surface area contributed by atoms with E-state index in [-0.39, 0.29) is 6.04 Å². The van der Waals surface area contributed by atoms with Gasteiger partial charge >= 0.3 is 0 Å². The van der Waals surface area contributed by atoms with Gasteiger partial charge in [0.25, 0.3) is 0 Å². The molecule has 1 aliphatic heterocycles. The van der Waals surface area contributed by atoms with Crippen molar-refractivity contribution in [3.8, 4) is 0 Å². The zero-order chi connectivity index (χ0) is 22.9. The first-order valence-corrected chi connectivity index (χ1v) is 12.4. The molecular formula is C29H43N3. The molecular weight excluding hydrogens is 390 g/mol. The average molecular weight is 434 g/mol. The number of hydrogen-bond donors (Lipinski definition) is 1. The molecule has 2 aromatic carbocycles. The fraction of sp³-hybridized carbons (Fsp3) is 0.517. The van der Waals surface area contributed by atoms with Crippen molar-refractivity contribution in [3.63, 3.8) is 0 Å². The van der Waals surface area contributed by atoms with E-state index in [1.807, 2.05) is 0 Å². The first kappa shape index (κ1) is 24.5. The largest absolute Gasteiger partial charge is 0.363 e. The van der Waals surface area contributed by atoms with E-state index in [1.165, 1.54) is 28.8 Å². The number of benzene rings is 2. The molecule has 1 fully saturated rings. The first-order chi connectivity index (χ1) is 15.4. The van der Waals surface area contributed by atoms with Crippen molar-refractivity contribution in [2.75, 3.05) is 31.1 Å². The minimum absolute atomic E-state index is 0.281. The highest BCUT2D eigenvalue weighted by Gasteiger charge is 2.28. The lowest BCUT2D eigenvalue weighted by atomic mass is 10.0. The summed E-state index contributed by atoms with van der Waals surface area (Å²) in [6.07, 6.45) is 6.85. The molecule has 0 spiro atoms. The van der Waals surface area contributed by atoms with Gasteiger partial charge in [0, 0.05) is 44.0 Å². The molecule has 0 aliphatic carbocycles. The van der Waals surface area contributed by atoms with Gasteiger partial charge in [-0.3, -0.25) is 4.90 Å². The lowest BCUT2D eigenvalue weighted by Crippen LogP contribution is -2.41. The molecule has 1 unspecified atom stereocenters. The van der Waals surface area contributed by atoms with Crippen LogP contribution in [0.15, 0.2) is 66.2 Å². The first-order valence-electron chi connectivity index (χ1n) is 12.4. The molecule has 32 heavy (non-hydrogen) atoms. The molecule has 1 aliphatic rings. The zero-order valence-electron chi connectivity index (χ0n) is 20.6. The summed E-state index contributed by atoms with van der Waals surface area (Å²) in [5.41, 5.74) is 11.9. The molecule has 2 aromatic rings. The molecule has 2 N–H and O–H groups in total. The van der Waals surface area contributed by atoms with E-state index in [0.29, 0.717) is 12.0 Å². The maximum atomic E-state index is 6.41. The Bertz CT molecular complexity index is 821. The smallest absolute Gasteiger partial charge is 0.0432 e. The van der Waals surface area contributed by atoms with Crippen molar-refractivity contribution in [2.45, 2.75) is 65.5 Å². The predicted octanol–water partition coefficient (Wildman–Crippen LogP) is 5.69. The molecule has 0 radical (unpaired) electrons. The van der Waals surface area contributed by atoms with Crippen LogP contribution in [0.4, 0.5) is 5.69 Å². The van der Waals surface area contributed by atoms with Gasteiger partial charge in [0.1, 0.15) is 0 Å². The lowest BCUT2D eigenvalue weighted by molar-refractivity contribution is 0.292. The summed E-state index contributed by atoms with van der Waals surface area (Å²) in [6, 6.07) is 20.9. The number of aryl methyl sites for hydroxylation is 2. The maximum Gasteiger partial charge on any atom is 0.0432 e.